The molecule has 1 atom stereocenters. The van der Waals surface area contributed by atoms with Crippen molar-refractivity contribution < 1.29 is 22.4 Å². The van der Waals surface area contributed by atoms with Gasteiger partial charge in [-0.25, -0.2) is 9.18 Å². The lowest BCUT2D eigenvalue weighted by atomic mass is 10.00. The van der Waals surface area contributed by atoms with E-state index >= 15 is 0 Å². The molecule has 1 N–H and O–H groups in total. The summed E-state index contributed by atoms with van der Waals surface area (Å²) < 4.78 is 58.0. The Morgan fingerprint density at radius 3 is 2.54 bits per heavy atom. The number of urea groups is 1. The standard InChI is InChI=1S/C30H34F4N6O/c1-20-6-4-10-26(31)27(20)37-14-11-24(12-15-37)39-18-22-16-38(19-23-8-5-13-35-23)36-28(22)40(29(39)41)17-21-7-2-3-9-25(21)30(32,33)34/h2-4,6-7,9-10,16,23-24,35H,5,8,11-15,17-19H2,1H3. The fourth-order valence-electron chi connectivity index (χ4n) is 6.48. The van der Waals surface area contributed by atoms with Gasteiger partial charge < -0.3 is 15.1 Å². The maximum Gasteiger partial charge on any atom is 0.416 e. The van der Waals surface area contributed by atoms with Crippen LogP contribution >= 0.6 is 0 Å². The van der Waals surface area contributed by atoms with Crippen LogP contribution < -0.4 is 15.1 Å². The molecule has 4 heterocycles. The monoisotopic (exact) mass is 570 g/mol. The predicted molar refractivity (Wildman–Crippen MR) is 148 cm³/mol. The van der Waals surface area contributed by atoms with Crippen molar-refractivity contribution in [1.29, 1.82) is 0 Å². The molecule has 11 heteroatoms. The van der Waals surface area contributed by atoms with Crippen molar-refractivity contribution in [1.82, 2.24) is 20.0 Å². The quantitative estimate of drug-likeness (QED) is 0.386. The van der Waals surface area contributed by atoms with Gasteiger partial charge in [0.15, 0.2) is 5.82 Å². The van der Waals surface area contributed by atoms with E-state index in [4.69, 9.17) is 5.10 Å². The van der Waals surface area contributed by atoms with Gasteiger partial charge in [0.1, 0.15) is 5.82 Å². The second-order valence-corrected chi connectivity index (χ2v) is 11.3. The number of amides is 2. The largest absolute Gasteiger partial charge is 0.416 e. The number of halogens is 4. The molecule has 0 aliphatic carbocycles. The summed E-state index contributed by atoms with van der Waals surface area (Å²) in [6.45, 7) is 4.73. The molecule has 218 valence electrons. The highest BCUT2D eigenvalue weighted by Crippen LogP contribution is 2.37. The molecule has 1 aromatic heterocycles. The molecule has 7 nitrogen and oxygen atoms in total. The van der Waals surface area contributed by atoms with Crippen LogP contribution in [0, 0.1) is 12.7 Å². The average Bonchev–Trinajstić information content (AvgIpc) is 3.60. The Bertz CT molecular complexity index is 1390. The third kappa shape index (κ3) is 5.51. The maximum atomic E-state index is 14.6. The van der Waals surface area contributed by atoms with Gasteiger partial charge in [-0.15, -0.1) is 0 Å². The molecule has 0 saturated carbocycles. The fourth-order valence-corrected chi connectivity index (χ4v) is 6.48. The summed E-state index contributed by atoms with van der Waals surface area (Å²) in [5, 5.41) is 8.16. The van der Waals surface area contributed by atoms with Crippen molar-refractivity contribution in [2.75, 3.05) is 29.4 Å². The number of anilines is 2. The second-order valence-electron chi connectivity index (χ2n) is 11.3. The second kappa shape index (κ2) is 11.0. The van der Waals surface area contributed by atoms with Gasteiger partial charge >= 0.3 is 12.2 Å². The van der Waals surface area contributed by atoms with Crippen LogP contribution in [-0.4, -0.2) is 52.4 Å². The van der Waals surface area contributed by atoms with E-state index in [9.17, 15) is 22.4 Å². The number of carbonyl (C=O) groups excluding carboxylic acids is 1. The van der Waals surface area contributed by atoms with Crippen molar-refractivity contribution in [3.63, 3.8) is 0 Å². The maximum absolute atomic E-state index is 14.6. The van der Waals surface area contributed by atoms with Gasteiger partial charge in [-0.3, -0.25) is 9.58 Å². The molecule has 2 aromatic carbocycles. The molecule has 41 heavy (non-hydrogen) atoms. The normalized spacial score (nSPS) is 20.2. The molecule has 0 bridgehead atoms. The first kappa shape index (κ1) is 27.6. The SMILES string of the molecule is Cc1cccc(F)c1N1CCC(N2Cc3cn(CC4CCCN4)nc3N(Cc3ccccc3C(F)(F)F)C2=O)CC1. The van der Waals surface area contributed by atoms with Crippen molar-refractivity contribution in [3.8, 4) is 0 Å². The molecular weight excluding hydrogens is 536 g/mol. The first-order chi connectivity index (χ1) is 19.7. The summed E-state index contributed by atoms with van der Waals surface area (Å²) in [4.78, 5) is 19.2. The minimum absolute atomic E-state index is 0.0259. The summed E-state index contributed by atoms with van der Waals surface area (Å²) in [6, 6.07) is 10.2. The predicted octanol–water partition coefficient (Wildman–Crippen LogP) is 5.71. The third-order valence-corrected chi connectivity index (χ3v) is 8.52. The van der Waals surface area contributed by atoms with Crippen LogP contribution in [0.3, 0.4) is 0 Å². The molecule has 2 fully saturated rings. The minimum atomic E-state index is -4.54. The number of rotatable bonds is 6. The topological polar surface area (TPSA) is 56.6 Å². The number of nitrogens with zero attached hydrogens (tertiary/aromatic N) is 5. The molecule has 2 amide bonds. The molecular formula is C30H34F4N6O. The summed E-state index contributed by atoms with van der Waals surface area (Å²) in [6.07, 6.45) is 0.754. The van der Waals surface area contributed by atoms with Crippen molar-refractivity contribution in [2.24, 2.45) is 0 Å². The number of fused-ring (bicyclic) bond motifs is 1. The zero-order chi connectivity index (χ0) is 28.7. The fraction of sp³-hybridized carbons (Fsp3) is 0.467. The highest BCUT2D eigenvalue weighted by atomic mass is 19.4. The molecule has 0 radical (unpaired) electrons. The first-order valence-corrected chi connectivity index (χ1v) is 14.2. The third-order valence-electron chi connectivity index (χ3n) is 8.52. The van der Waals surface area contributed by atoms with E-state index in [1.165, 1.54) is 23.1 Å². The summed E-state index contributed by atoms with van der Waals surface area (Å²) in [5.74, 6) is 0.154. The van der Waals surface area contributed by atoms with E-state index in [1.54, 1.807) is 17.0 Å². The van der Waals surface area contributed by atoms with Crippen LogP contribution in [0.4, 0.5) is 33.9 Å². The molecule has 6 rings (SSSR count). The molecule has 3 aliphatic rings. The number of nitrogens with one attached hydrogen (secondary N) is 1. The van der Waals surface area contributed by atoms with Crippen LogP contribution in [0.15, 0.2) is 48.7 Å². The van der Waals surface area contributed by atoms with Gasteiger partial charge in [0, 0.05) is 36.9 Å². The Kier molecular flexibility index (Phi) is 7.39. The number of carbonyl (C=O) groups is 1. The lowest BCUT2D eigenvalue weighted by molar-refractivity contribution is -0.138. The Morgan fingerprint density at radius 2 is 1.83 bits per heavy atom. The van der Waals surface area contributed by atoms with E-state index in [0.29, 0.717) is 50.5 Å². The van der Waals surface area contributed by atoms with Crippen molar-refractivity contribution in [3.05, 3.63) is 76.7 Å². The molecule has 2 saturated heterocycles. The Balaban J connectivity index is 1.27. The molecule has 0 spiro atoms. The number of aromatic nitrogens is 2. The molecule has 1 unspecified atom stereocenters. The highest BCUT2D eigenvalue weighted by molar-refractivity contribution is 5.94. The minimum Gasteiger partial charge on any atom is -0.369 e. The number of hydrogen-bond donors (Lipinski definition) is 1. The summed E-state index contributed by atoms with van der Waals surface area (Å²) in [5.41, 5.74) is 1.54. The van der Waals surface area contributed by atoms with Gasteiger partial charge in [0.25, 0.3) is 0 Å². The Morgan fingerprint density at radius 1 is 1.05 bits per heavy atom. The van der Waals surface area contributed by atoms with Crippen molar-refractivity contribution >= 4 is 17.5 Å². The van der Waals surface area contributed by atoms with Gasteiger partial charge in [0.05, 0.1) is 30.9 Å². The lowest BCUT2D eigenvalue weighted by Gasteiger charge is -2.43. The molecule has 3 aliphatic heterocycles. The molecule has 3 aromatic rings. The lowest BCUT2D eigenvalue weighted by Crippen LogP contribution is -2.54. The number of benzene rings is 2. The van der Waals surface area contributed by atoms with Crippen LogP contribution in [0.5, 0.6) is 0 Å². The number of aryl methyl sites for hydroxylation is 1. The number of alkyl halides is 3. The van der Waals surface area contributed by atoms with Crippen molar-refractivity contribution in [2.45, 2.75) is 70.5 Å². The zero-order valence-electron chi connectivity index (χ0n) is 23.0. The smallest absolute Gasteiger partial charge is 0.369 e. The van der Waals surface area contributed by atoms with E-state index in [-0.39, 0.29) is 36.0 Å². The Labute approximate surface area is 236 Å². The summed E-state index contributed by atoms with van der Waals surface area (Å²) >= 11 is 0. The summed E-state index contributed by atoms with van der Waals surface area (Å²) in [7, 11) is 0. The zero-order valence-corrected chi connectivity index (χ0v) is 23.0. The average molecular weight is 571 g/mol. The van der Waals surface area contributed by atoms with Gasteiger partial charge in [0.2, 0.25) is 0 Å². The number of piperidine rings is 1. The van der Waals surface area contributed by atoms with Crippen LogP contribution in [0.1, 0.15) is 47.9 Å². The van der Waals surface area contributed by atoms with Crippen LogP contribution in [0.25, 0.3) is 0 Å². The van der Waals surface area contributed by atoms with Crippen LogP contribution in [0.2, 0.25) is 0 Å². The van der Waals surface area contributed by atoms with Gasteiger partial charge in [-0.1, -0.05) is 30.3 Å². The van der Waals surface area contributed by atoms with E-state index in [0.717, 1.165) is 36.6 Å². The Hall–Kier alpha value is -3.60. The van der Waals surface area contributed by atoms with Gasteiger partial charge in [-0.2, -0.15) is 18.3 Å². The van der Waals surface area contributed by atoms with E-state index in [2.05, 4.69) is 5.32 Å². The van der Waals surface area contributed by atoms with Crippen LogP contribution in [-0.2, 0) is 25.8 Å². The van der Waals surface area contributed by atoms with E-state index < -0.39 is 11.7 Å². The first-order valence-electron chi connectivity index (χ1n) is 14.2. The highest BCUT2D eigenvalue weighted by Gasteiger charge is 2.40. The number of hydrogen-bond acceptors (Lipinski definition) is 4. The van der Waals surface area contributed by atoms with E-state index in [1.807, 2.05) is 28.8 Å². The number of para-hydroxylation sites is 1. The van der Waals surface area contributed by atoms with Gasteiger partial charge in [-0.05, 0) is 62.4 Å².